The average Bonchev–Trinajstić information content (AvgIpc) is 3.41. The minimum Gasteiger partial charge on any atom is -0.464 e. The number of aromatic nitrogens is 1. The normalized spacial score (nSPS) is 13.2. The fourth-order valence-corrected chi connectivity index (χ4v) is 4.69. The second kappa shape index (κ2) is 7.06. The van der Waals surface area contributed by atoms with Crippen molar-refractivity contribution in [3.63, 3.8) is 0 Å². The maximum absolute atomic E-state index is 12.6. The Morgan fingerprint density at radius 3 is 2.86 bits per heavy atom. The van der Waals surface area contributed by atoms with E-state index in [0.29, 0.717) is 21.7 Å². The Labute approximate surface area is 163 Å². The van der Waals surface area contributed by atoms with Crippen molar-refractivity contribution in [3.05, 3.63) is 63.5 Å². The van der Waals surface area contributed by atoms with Crippen molar-refractivity contribution in [2.75, 3.05) is 6.54 Å². The molecule has 4 aromatic rings. The van der Waals surface area contributed by atoms with Gasteiger partial charge in [-0.3, -0.25) is 4.57 Å². The van der Waals surface area contributed by atoms with Gasteiger partial charge in [-0.15, -0.1) is 11.3 Å². The molecule has 0 aliphatic rings. The third-order valence-corrected chi connectivity index (χ3v) is 6.75. The SMILES string of the molecule is Cn1c(=O)oc2ccc(S(=O)(=O)NCC(O)c3cc(-c4ccco4)cs3)cc21. The number of furan rings is 1. The molecule has 0 amide bonds. The van der Waals surface area contributed by atoms with Gasteiger partial charge < -0.3 is 13.9 Å². The molecule has 1 aromatic carbocycles. The van der Waals surface area contributed by atoms with Crippen molar-refractivity contribution in [2.24, 2.45) is 7.05 Å². The molecule has 0 aliphatic heterocycles. The predicted octanol–water partition coefficient (Wildman–Crippen LogP) is 2.46. The van der Waals surface area contributed by atoms with Crippen LogP contribution in [-0.2, 0) is 17.1 Å². The summed E-state index contributed by atoms with van der Waals surface area (Å²) in [5.74, 6) is 0.104. The molecule has 0 bridgehead atoms. The number of rotatable bonds is 6. The van der Waals surface area contributed by atoms with Crippen LogP contribution in [0.3, 0.4) is 0 Å². The van der Waals surface area contributed by atoms with E-state index in [1.807, 2.05) is 5.38 Å². The predicted molar refractivity (Wildman–Crippen MR) is 104 cm³/mol. The summed E-state index contributed by atoms with van der Waals surface area (Å²) in [6.45, 7) is -0.192. The molecule has 0 spiro atoms. The van der Waals surface area contributed by atoms with Crippen LogP contribution < -0.4 is 10.5 Å². The molecule has 8 nitrogen and oxygen atoms in total. The lowest BCUT2D eigenvalue weighted by atomic mass is 10.2. The van der Waals surface area contributed by atoms with Crippen molar-refractivity contribution >= 4 is 32.5 Å². The number of hydrogen-bond acceptors (Lipinski definition) is 7. The quantitative estimate of drug-likeness (QED) is 0.495. The Bertz CT molecular complexity index is 1280. The fraction of sp³-hybridized carbons (Fsp3) is 0.167. The molecule has 146 valence electrons. The van der Waals surface area contributed by atoms with Crippen LogP contribution in [-0.4, -0.2) is 24.6 Å². The van der Waals surface area contributed by atoms with E-state index in [9.17, 15) is 18.3 Å². The monoisotopic (exact) mass is 420 g/mol. The lowest BCUT2D eigenvalue weighted by Crippen LogP contribution is -2.28. The van der Waals surface area contributed by atoms with Gasteiger partial charge in [-0.05, 0) is 36.4 Å². The minimum atomic E-state index is -3.88. The van der Waals surface area contributed by atoms with Crippen LogP contribution in [0, 0.1) is 0 Å². The third-order valence-electron chi connectivity index (χ3n) is 4.29. The van der Waals surface area contributed by atoms with Gasteiger partial charge in [0.1, 0.15) is 11.9 Å². The van der Waals surface area contributed by atoms with Gasteiger partial charge in [-0.1, -0.05) is 0 Å². The zero-order valence-corrected chi connectivity index (χ0v) is 16.3. The summed E-state index contributed by atoms with van der Waals surface area (Å²) >= 11 is 1.31. The van der Waals surface area contributed by atoms with Crippen molar-refractivity contribution in [2.45, 2.75) is 11.0 Å². The van der Waals surface area contributed by atoms with Crippen LogP contribution >= 0.6 is 11.3 Å². The standard InChI is InChI=1S/C18H16N2O6S2/c1-20-13-8-12(4-5-16(13)26-18(20)22)28(23,24)19-9-14(21)17-7-11(10-27-17)15-3-2-6-25-15/h2-8,10,14,19,21H,9H2,1H3. The summed E-state index contributed by atoms with van der Waals surface area (Å²) in [6, 6.07) is 9.46. The Hall–Kier alpha value is -2.66. The van der Waals surface area contributed by atoms with Crippen LogP contribution in [0.4, 0.5) is 0 Å². The van der Waals surface area contributed by atoms with Gasteiger partial charge in [0.15, 0.2) is 5.58 Å². The molecule has 10 heteroatoms. The van der Waals surface area contributed by atoms with E-state index in [1.165, 1.54) is 41.2 Å². The van der Waals surface area contributed by atoms with Crippen LogP contribution in [0.25, 0.3) is 22.4 Å². The Morgan fingerprint density at radius 1 is 1.29 bits per heavy atom. The number of benzene rings is 1. The minimum absolute atomic E-state index is 0.0222. The van der Waals surface area contributed by atoms with Crippen LogP contribution in [0.2, 0.25) is 0 Å². The average molecular weight is 420 g/mol. The molecule has 1 atom stereocenters. The number of oxazole rings is 1. The first-order chi connectivity index (χ1) is 13.3. The summed E-state index contributed by atoms with van der Waals surface area (Å²) in [7, 11) is -2.38. The van der Waals surface area contributed by atoms with Gasteiger partial charge in [-0.25, -0.2) is 17.9 Å². The summed E-state index contributed by atoms with van der Waals surface area (Å²) in [6.07, 6.45) is 0.551. The first-order valence-electron chi connectivity index (χ1n) is 8.25. The Kier molecular flexibility index (Phi) is 4.71. The van der Waals surface area contributed by atoms with E-state index in [-0.39, 0.29) is 11.4 Å². The van der Waals surface area contributed by atoms with Gasteiger partial charge >= 0.3 is 5.76 Å². The molecule has 3 heterocycles. The smallest absolute Gasteiger partial charge is 0.419 e. The van der Waals surface area contributed by atoms with Crippen molar-refractivity contribution < 1.29 is 22.4 Å². The highest BCUT2D eigenvalue weighted by molar-refractivity contribution is 7.89. The highest BCUT2D eigenvalue weighted by Gasteiger charge is 2.20. The number of aliphatic hydroxyl groups excluding tert-OH is 1. The van der Waals surface area contributed by atoms with Crippen LogP contribution in [0.1, 0.15) is 11.0 Å². The molecule has 0 fully saturated rings. The van der Waals surface area contributed by atoms with Gasteiger partial charge in [-0.2, -0.15) is 0 Å². The van der Waals surface area contributed by atoms with E-state index in [4.69, 9.17) is 8.83 Å². The lowest BCUT2D eigenvalue weighted by Gasteiger charge is -2.11. The molecular weight excluding hydrogens is 404 g/mol. The first kappa shape index (κ1) is 18.7. The maximum Gasteiger partial charge on any atom is 0.419 e. The van der Waals surface area contributed by atoms with Crippen molar-refractivity contribution in [1.29, 1.82) is 0 Å². The molecule has 28 heavy (non-hydrogen) atoms. The second-order valence-corrected chi connectivity index (χ2v) is 8.85. The lowest BCUT2D eigenvalue weighted by molar-refractivity contribution is 0.186. The van der Waals surface area contributed by atoms with Crippen LogP contribution in [0.5, 0.6) is 0 Å². The van der Waals surface area contributed by atoms with Gasteiger partial charge in [0.05, 0.1) is 16.7 Å². The molecule has 0 radical (unpaired) electrons. The molecule has 2 N–H and O–H groups in total. The van der Waals surface area contributed by atoms with Crippen molar-refractivity contribution in [1.82, 2.24) is 9.29 Å². The van der Waals surface area contributed by atoms with E-state index in [2.05, 4.69) is 4.72 Å². The summed E-state index contributed by atoms with van der Waals surface area (Å²) in [5.41, 5.74) is 1.49. The number of hydrogen-bond donors (Lipinski definition) is 2. The van der Waals surface area contributed by atoms with E-state index < -0.39 is 21.9 Å². The van der Waals surface area contributed by atoms with Crippen molar-refractivity contribution in [3.8, 4) is 11.3 Å². The molecule has 3 aromatic heterocycles. The summed E-state index contributed by atoms with van der Waals surface area (Å²) in [4.78, 5) is 12.1. The largest absolute Gasteiger partial charge is 0.464 e. The number of sulfonamides is 1. The molecule has 4 rings (SSSR count). The molecule has 0 aliphatic carbocycles. The summed E-state index contributed by atoms with van der Waals surface area (Å²) < 4.78 is 39.1. The van der Waals surface area contributed by atoms with Gasteiger partial charge in [0.25, 0.3) is 0 Å². The Morgan fingerprint density at radius 2 is 2.11 bits per heavy atom. The highest BCUT2D eigenvalue weighted by Crippen LogP contribution is 2.29. The first-order valence-corrected chi connectivity index (χ1v) is 10.6. The molecule has 1 unspecified atom stereocenters. The molecule has 0 saturated heterocycles. The zero-order valence-electron chi connectivity index (χ0n) is 14.7. The fourth-order valence-electron chi connectivity index (χ4n) is 2.75. The number of nitrogens with zero attached hydrogens (tertiary/aromatic N) is 1. The van der Waals surface area contributed by atoms with Gasteiger partial charge in [0.2, 0.25) is 10.0 Å². The number of thiophene rings is 1. The third kappa shape index (κ3) is 3.42. The maximum atomic E-state index is 12.6. The second-order valence-electron chi connectivity index (χ2n) is 6.14. The van der Waals surface area contributed by atoms with E-state index in [0.717, 1.165) is 5.56 Å². The number of fused-ring (bicyclic) bond motifs is 1. The zero-order chi connectivity index (χ0) is 19.9. The number of aryl methyl sites for hydroxylation is 1. The van der Waals surface area contributed by atoms with E-state index in [1.54, 1.807) is 24.5 Å². The highest BCUT2D eigenvalue weighted by atomic mass is 32.2. The Balaban J connectivity index is 1.50. The van der Waals surface area contributed by atoms with E-state index >= 15 is 0 Å². The summed E-state index contributed by atoms with van der Waals surface area (Å²) in [5, 5.41) is 12.2. The molecular formula is C18H16N2O6S2. The number of nitrogens with one attached hydrogen (secondary N) is 1. The van der Waals surface area contributed by atoms with Gasteiger partial charge in [0, 0.05) is 29.4 Å². The topological polar surface area (TPSA) is 115 Å². The molecule has 0 saturated carbocycles. The number of aliphatic hydroxyl groups is 1. The van der Waals surface area contributed by atoms with Crippen LogP contribution in [0.15, 0.2) is 66.6 Å².